The van der Waals surface area contributed by atoms with E-state index in [1.165, 1.54) is 29.5 Å². The van der Waals surface area contributed by atoms with E-state index >= 15 is 0 Å². The molecule has 1 aliphatic carbocycles. The lowest BCUT2D eigenvalue weighted by atomic mass is 9.99. The first-order valence-corrected chi connectivity index (χ1v) is 14.7. The summed E-state index contributed by atoms with van der Waals surface area (Å²) in [6.07, 6.45) is 4.43. The number of rotatable bonds is 9. The van der Waals surface area contributed by atoms with E-state index in [1.807, 2.05) is 35.9 Å². The van der Waals surface area contributed by atoms with Crippen LogP contribution in [0.2, 0.25) is 0 Å². The van der Waals surface area contributed by atoms with Crippen LogP contribution in [-0.4, -0.2) is 30.1 Å². The Morgan fingerprint density at radius 3 is 2.34 bits per heavy atom. The number of pyridine rings is 1. The molecule has 3 aromatic carbocycles. The van der Waals surface area contributed by atoms with Crippen molar-refractivity contribution in [2.45, 2.75) is 77.5 Å². The van der Waals surface area contributed by atoms with Gasteiger partial charge in [-0.1, -0.05) is 99.5 Å². The predicted octanol–water partition coefficient (Wildman–Crippen LogP) is 6.85. The number of tetrazole rings is 1. The standard InChI is InChI=1S/C34H38N6O/c1-23(2)27-18-16-26(17-19-27)22-39(21-25-11-5-4-6-12-25)32(33-36-37-38-40(33)29-14-7-8-15-29)30-20-28-13-9-10-24(3)31(28)35-34(30)41/h4-6,9-13,16-20,23,29,32H,7-8,14-15,21-22H2,1-3H3,(H,35,41)/t32-/m1/s1. The highest BCUT2D eigenvalue weighted by molar-refractivity contribution is 5.82. The Bertz CT molecular complexity index is 1670. The summed E-state index contributed by atoms with van der Waals surface area (Å²) in [5.41, 5.74) is 6.14. The number of H-pyrrole nitrogens is 1. The summed E-state index contributed by atoms with van der Waals surface area (Å²) < 4.78 is 2.00. The predicted molar refractivity (Wildman–Crippen MR) is 163 cm³/mol. The molecule has 0 bridgehead atoms. The smallest absolute Gasteiger partial charge is 0.253 e. The molecule has 1 fully saturated rings. The third-order valence-electron chi connectivity index (χ3n) is 8.47. The summed E-state index contributed by atoms with van der Waals surface area (Å²) in [5, 5.41) is 14.3. The van der Waals surface area contributed by atoms with Crippen molar-refractivity contribution in [2.75, 3.05) is 0 Å². The zero-order valence-electron chi connectivity index (χ0n) is 24.1. The molecule has 0 unspecified atom stereocenters. The molecule has 1 saturated carbocycles. The maximum absolute atomic E-state index is 13.9. The number of nitrogens with zero attached hydrogens (tertiary/aromatic N) is 5. The summed E-state index contributed by atoms with van der Waals surface area (Å²) in [6, 6.07) is 27.2. The van der Waals surface area contributed by atoms with Crippen LogP contribution < -0.4 is 5.56 Å². The first-order chi connectivity index (χ1) is 20.0. The van der Waals surface area contributed by atoms with Crippen LogP contribution in [0.4, 0.5) is 0 Å². The van der Waals surface area contributed by atoms with E-state index in [4.69, 9.17) is 0 Å². The number of hydrogen-bond acceptors (Lipinski definition) is 5. The van der Waals surface area contributed by atoms with Gasteiger partial charge in [-0.2, -0.15) is 0 Å². The van der Waals surface area contributed by atoms with Gasteiger partial charge in [0.2, 0.25) is 0 Å². The Balaban J connectivity index is 1.52. The van der Waals surface area contributed by atoms with Gasteiger partial charge in [0.05, 0.1) is 11.6 Å². The van der Waals surface area contributed by atoms with Crippen molar-refractivity contribution in [2.24, 2.45) is 0 Å². The first kappa shape index (κ1) is 27.1. The van der Waals surface area contributed by atoms with Gasteiger partial charge >= 0.3 is 0 Å². The molecule has 41 heavy (non-hydrogen) atoms. The Kier molecular flexibility index (Phi) is 7.79. The van der Waals surface area contributed by atoms with Crippen LogP contribution in [0, 0.1) is 6.92 Å². The molecule has 210 valence electrons. The van der Waals surface area contributed by atoms with E-state index in [9.17, 15) is 4.79 Å². The van der Waals surface area contributed by atoms with Crippen molar-refractivity contribution in [3.63, 3.8) is 0 Å². The molecular weight excluding hydrogens is 508 g/mol. The molecular formula is C34H38N6O. The molecule has 0 amide bonds. The van der Waals surface area contributed by atoms with Crippen LogP contribution in [0.25, 0.3) is 10.9 Å². The zero-order chi connectivity index (χ0) is 28.3. The van der Waals surface area contributed by atoms with Crippen molar-refractivity contribution in [3.05, 3.63) is 123 Å². The van der Waals surface area contributed by atoms with Crippen LogP contribution in [0.1, 0.15) is 91.2 Å². The van der Waals surface area contributed by atoms with Gasteiger partial charge < -0.3 is 4.98 Å². The average molecular weight is 547 g/mol. The number of aromatic amines is 1. The Labute approximate surface area is 241 Å². The summed E-state index contributed by atoms with van der Waals surface area (Å²) >= 11 is 0. The molecule has 1 atom stereocenters. The third kappa shape index (κ3) is 5.72. The molecule has 0 radical (unpaired) electrons. The highest BCUT2D eigenvalue weighted by atomic mass is 16.1. The van der Waals surface area contributed by atoms with Crippen LogP contribution in [0.3, 0.4) is 0 Å². The third-order valence-corrected chi connectivity index (χ3v) is 8.47. The normalized spacial score (nSPS) is 14.9. The van der Waals surface area contributed by atoms with E-state index < -0.39 is 6.04 Å². The zero-order valence-corrected chi connectivity index (χ0v) is 24.1. The number of nitrogens with one attached hydrogen (secondary N) is 1. The second kappa shape index (κ2) is 11.8. The number of benzene rings is 3. The number of fused-ring (bicyclic) bond motifs is 1. The second-order valence-electron chi connectivity index (χ2n) is 11.7. The lowest BCUT2D eigenvalue weighted by Gasteiger charge is -2.32. The molecule has 7 heteroatoms. The van der Waals surface area contributed by atoms with Gasteiger partial charge in [0, 0.05) is 18.7 Å². The first-order valence-electron chi connectivity index (χ1n) is 14.7. The Morgan fingerprint density at radius 1 is 0.927 bits per heavy atom. The molecule has 0 spiro atoms. The van der Waals surface area contributed by atoms with Crippen LogP contribution in [0.5, 0.6) is 0 Å². The van der Waals surface area contributed by atoms with Crippen molar-refractivity contribution in [3.8, 4) is 0 Å². The van der Waals surface area contributed by atoms with Gasteiger partial charge in [-0.05, 0) is 69.8 Å². The maximum atomic E-state index is 13.9. The molecule has 1 N–H and O–H groups in total. The lowest BCUT2D eigenvalue weighted by molar-refractivity contribution is 0.190. The van der Waals surface area contributed by atoms with E-state index in [0.717, 1.165) is 35.1 Å². The van der Waals surface area contributed by atoms with Gasteiger partial charge in [-0.3, -0.25) is 9.69 Å². The van der Waals surface area contributed by atoms with Crippen LogP contribution in [-0.2, 0) is 13.1 Å². The van der Waals surface area contributed by atoms with Gasteiger partial charge in [0.1, 0.15) is 6.04 Å². The van der Waals surface area contributed by atoms with Gasteiger partial charge in [-0.25, -0.2) is 4.68 Å². The topological polar surface area (TPSA) is 79.7 Å². The van der Waals surface area contributed by atoms with E-state index in [0.29, 0.717) is 24.6 Å². The molecule has 0 saturated heterocycles. The van der Waals surface area contributed by atoms with Crippen molar-refractivity contribution < 1.29 is 0 Å². The summed E-state index contributed by atoms with van der Waals surface area (Å²) in [6.45, 7) is 7.73. The van der Waals surface area contributed by atoms with Gasteiger partial charge in [0.15, 0.2) is 5.82 Å². The fraction of sp³-hybridized carbons (Fsp3) is 0.353. The molecule has 2 aromatic heterocycles. The molecule has 7 nitrogen and oxygen atoms in total. The quantitative estimate of drug-likeness (QED) is 0.219. The lowest BCUT2D eigenvalue weighted by Crippen LogP contribution is -2.35. The minimum Gasteiger partial charge on any atom is -0.321 e. The largest absolute Gasteiger partial charge is 0.321 e. The molecule has 0 aliphatic heterocycles. The number of hydrogen-bond donors (Lipinski definition) is 1. The van der Waals surface area contributed by atoms with Crippen molar-refractivity contribution >= 4 is 10.9 Å². The number of aryl methyl sites for hydroxylation is 1. The van der Waals surface area contributed by atoms with Crippen molar-refractivity contribution in [1.82, 2.24) is 30.1 Å². The summed E-state index contributed by atoms with van der Waals surface area (Å²) in [5.74, 6) is 1.19. The van der Waals surface area contributed by atoms with Crippen LogP contribution in [0.15, 0.2) is 83.7 Å². The summed E-state index contributed by atoms with van der Waals surface area (Å²) in [4.78, 5) is 19.5. The molecule has 6 rings (SSSR count). The average Bonchev–Trinajstić information content (AvgIpc) is 3.68. The fourth-order valence-electron chi connectivity index (χ4n) is 6.19. The van der Waals surface area contributed by atoms with E-state index in [2.05, 4.69) is 93.9 Å². The maximum Gasteiger partial charge on any atom is 0.253 e. The highest BCUT2D eigenvalue weighted by Gasteiger charge is 2.33. The fourth-order valence-corrected chi connectivity index (χ4v) is 6.19. The van der Waals surface area contributed by atoms with Crippen molar-refractivity contribution in [1.29, 1.82) is 0 Å². The van der Waals surface area contributed by atoms with Crippen LogP contribution >= 0.6 is 0 Å². The minimum absolute atomic E-state index is 0.106. The SMILES string of the molecule is Cc1cccc2cc([C@H](c3nnnn3C3CCCC3)N(Cc3ccccc3)Cc3ccc(C(C)C)cc3)c(=O)[nH]c12. The minimum atomic E-state index is -0.441. The summed E-state index contributed by atoms with van der Waals surface area (Å²) in [7, 11) is 0. The van der Waals surface area contributed by atoms with E-state index in [-0.39, 0.29) is 11.6 Å². The number of para-hydroxylation sites is 1. The monoisotopic (exact) mass is 546 g/mol. The van der Waals surface area contributed by atoms with E-state index in [1.54, 1.807) is 0 Å². The van der Waals surface area contributed by atoms with Gasteiger partial charge in [-0.15, -0.1) is 5.10 Å². The highest BCUT2D eigenvalue weighted by Crippen LogP contribution is 2.35. The molecule has 1 aliphatic rings. The Hall–Kier alpha value is -4.10. The van der Waals surface area contributed by atoms with Gasteiger partial charge in [0.25, 0.3) is 5.56 Å². The Morgan fingerprint density at radius 2 is 1.63 bits per heavy atom. The number of aromatic nitrogens is 5. The molecule has 5 aromatic rings. The molecule has 2 heterocycles. The second-order valence-corrected chi connectivity index (χ2v) is 11.7.